The standard InChI is InChI=1S/C28H24F2N4O4S/c1-37-23-16-31-22(25(29)30)15-21(23)20-14-18(8-9-28(36)10-12-38-13-11-28)4-6-19(20)26(35)32-27-34-33-24(39-27)7-5-17-2-3-17/h4,6,14-17,25,36H,2-3,10-13H2,1H3,(H,32,34,35). The summed E-state index contributed by atoms with van der Waals surface area (Å²) in [6.07, 6.45) is 1.28. The molecule has 1 aromatic carbocycles. The Balaban J connectivity index is 1.51. The van der Waals surface area contributed by atoms with Crippen molar-refractivity contribution in [1.29, 1.82) is 0 Å². The van der Waals surface area contributed by atoms with Crippen LogP contribution >= 0.6 is 11.3 Å². The number of carbonyl (C=O) groups excluding carboxylic acids is 1. The first kappa shape index (κ1) is 26.7. The Morgan fingerprint density at radius 2 is 2.00 bits per heavy atom. The minimum absolute atomic E-state index is 0.177. The second-order valence-electron chi connectivity index (χ2n) is 9.17. The molecule has 200 valence electrons. The molecule has 1 saturated heterocycles. The Morgan fingerprint density at radius 1 is 1.21 bits per heavy atom. The number of amides is 1. The molecule has 0 bridgehead atoms. The number of aliphatic hydroxyl groups is 1. The zero-order chi connectivity index (χ0) is 27.4. The van der Waals surface area contributed by atoms with Gasteiger partial charge in [0.25, 0.3) is 12.3 Å². The SMILES string of the molecule is COc1cnc(C(F)F)cc1-c1cc(C#CC2(O)CCOCC2)ccc1C(=O)Nc1nnc(C#CC2CC2)s1. The molecule has 0 unspecified atom stereocenters. The van der Waals surface area contributed by atoms with E-state index in [1.165, 1.54) is 19.4 Å². The number of benzene rings is 1. The number of pyridine rings is 1. The minimum atomic E-state index is -2.82. The second kappa shape index (κ2) is 11.5. The number of hydrogen-bond donors (Lipinski definition) is 2. The molecule has 3 heterocycles. The number of alkyl halides is 2. The summed E-state index contributed by atoms with van der Waals surface area (Å²) in [5.74, 6) is 12.0. The Morgan fingerprint density at radius 3 is 2.72 bits per heavy atom. The maximum Gasteiger partial charge on any atom is 0.280 e. The molecular formula is C28H24F2N4O4S. The van der Waals surface area contributed by atoms with E-state index in [9.17, 15) is 18.7 Å². The third kappa shape index (κ3) is 6.58. The molecule has 1 amide bonds. The van der Waals surface area contributed by atoms with Crippen molar-refractivity contribution >= 4 is 22.4 Å². The minimum Gasteiger partial charge on any atom is -0.494 e. The number of ether oxygens (including phenoxy) is 2. The third-order valence-electron chi connectivity index (χ3n) is 6.25. The lowest BCUT2D eigenvalue weighted by Gasteiger charge is -2.26. The summed E-state index contributed by atoms with van der Waals surface area (Å²) < 4.78 is 37.8. The molecule has 2 aliphatic rings. The van der Waals surface area contributed by atoms with Crippen molar-refractivity contribution in [3.63, 3.8) is 0 Å². The van der Waals surface area contributed by atoms with E-state index in [-0.39, 0.29) is 22.0 Å². The van der Waals surface area contributed by atoms with Gasteiger partial charge in [0.1, 0.15) is 17.0 Å². The van der Waals surface area contributed by atoms with E-state index in [2.05, 4.69) is 44.2 Å². The first-order valence-corrected chi connectivity index (χ1v) is 13.1. The monoisotopic (exact) mass is 550 g/mol. The van der Waals surface area contributed by atoms with Gasteiger partial charge in [-0.1, -0.05) is 29.1 Å². The van der Waals surface area contributed by atoms with Crippen LogP contribution in [0.15, 0.2) is 30.5 Å². The molecule has 5 rings (SSSR count). The predicted octanol–water partition coefficient (Wildman–Crippen LogP) is 4.45. The van der Waals surface area contributed by atoms with E-state index in [1.807, 2.05) is 0 Å². The van der Waals surface area contributed by atoms with Crippen molar-refractivity contribution in [1.82, 2.24) is 15.2 Å². The van der Waals surface area contributed by atoms with Gasteiger partial charge in [0, 0.05) is 35.4 Å². The van der Waals surface area contributed by atoms with Crippen LogP contribution in [0.1, 0.15) is 58.7 Å². The quantitative estimate of drug-likeness (QED) is 0.452. The van der Waals surface area contributed by atoms with Gasteiger partial charge in [-0.05, 0) is 48.6 Å². The second-order valence-corrected chi connectivity index (χ2v) is 10.2. The Kier molecular flexibility index (Phi) is 7.84. The first-order chi connectivity index (χ1) is 18.8. The molecule has 8 nitrogen and oxygen atoms in total. The van der Waals surface area contributed by atoms with Gasteiger partial charge in [-0.25, -0.2) is 8.78 Å². The normalized spacial score (nSPS) is 16.0. The van der Waals surface area contributed by atoms with Gasteiger partial charge in [0.2, 0.25) is 5.13 Å². The van der Waals surface area contributed by atoms with Gasteiger partial charge < -0.3 is 14.6 Å². The molecule has 1 aliphatic heterocycles. The van der Waals surface area contributed by atoms with Crippen molar-refractivity contribution < 1.29 is 28.2 Å². The van der Waals surface area contributed by atoms with Crippen LogP contribution in [0.4, 0.5) is 13.9 Å². The summed E-state index contributed by atoms with van der Waals surface area (Å²) in [7, 11) is 1.39. The number of halogens is 2. The molecular weight excluding hydrogens is 526 g/mol. The van der Waals surface area contributed by atoms with Gasteiger partial charge in [0.15, 0.2) is 5.01 Å². The Hall–Kier alpha value is -3.90. The summed E-state index contributed by atoms with van der Waals surface area (Å²) >= 11 is 1.15. The van der Waals surface area contributed by atoms with Gasteiger partial charge in [-0.3, -0.25) is 15.1 Å². The van der Waals surface area contributed by atoms with Crippen LogP contribution in [0.2, 0.25) is 0 Å². The van der Waals surface area contributed by atoms with Crippen LogP contribution in [0, 0.1) is 29.6 Å². The van der Waals surface area contributed by atoms with Crippen molar-refractivity contribution in [2.24, 2.45) is 5.92 Å². The number of rotatable bonds is 5. The smallest absolute Gasteiger partial charge is 0.280 e. The van der Waals surface area contributed by atoms with E-state index < -0.39 is 23.6 Å². The van der Waals surface area contributed by atoms with Crippen LogP contribution in [-0.4, -0.2) is 52.1 Å². The lowest BCUT2D eigenvalue weighted by Crippen LogP contribution is -2.34. The van der Waals surface area contributed by atoms with Gasteiger partial charge in [0.05, 0.1) is 26.5 Å². The third-order valence-corrected chi connectivity index (χ3v) is 7.01. The average molecular weight is 551 g/mol. The fourth-order valence-corrected chi connectivity index (χ4v) is 4.50. The Labute approximate surface area is 227 Å². The summed E-state index contributed by atoms with van der Waals surface area (Å²) in [5, 5.41) is 22.2. The highest BCUT2D eigenvalue weighted by atomic mass is 32.1. The maximum absolute atomic E-state index is 13.5. The van der Waals surface area contributed by atoms with Gasteiger partial charge in [-0.2, -0.15) is 0 Å². The molecule has 0 atom stereocenters. The molecule has 2 aromatic heterocycles. The number of aromatic nitrogens is 3. The lowest BCUT2D eigenvalue weighted by molar-refractivity contribution is -0.0262. The van der Waals surface area contributed by atoms with Crippen LogP contribution < -0.4 is 10.1 Å². The summed E-state index contributed by atoms with van der Waals surface area (Å²) in [6.45, 7) is 0.805. The van der Waals surface area contributed by atoms with E-state index in [0.717, 1.165) is 24.2 Å². The zero-order valence-electron chi connectivity index (χ0n) is 21.0. The predicted molar refractivity (Wildman–Crippen MR) is 141 cm³/mol. The number of nitrogens with one attached hydrogen (secondary N) is 1. The molecule has 1 aliphatic carbocycles. The highest BCUT2D eigenvalue weighted by Gasteiger charge is 2.27. The maximum atomic E-state index is 13.5. The number of hydrogen-bond acceptors (Lipinski definition) is 8. The van der Waals surface area contributed by atoms with Gasteiger partial charge in [-0.15, -0.1) is 10.2 Å². The van der Waals surface area contributed by atoms with Crippen molar-refractivity contribution in [2.45, 2.75) is 37.7 Å². The summed E-state index contributed by atoms with van der Waals surface area (Å²) in [6, 6.07) is 5.96. The first-order valence-electron chi connectivity index (χ1n) is 12.3. The average Bonchev–Trinajstić information content (AvgIpc) is 3.67. The van der Waals surface area contributed by atoms with Crippen LogP contribution in [0.25, 0.3) is 11.1 Å². The molecule has 0 radical (unpaired) electrons. The molecule has 0 spiro atoms. The van der Waals surface area contributed by atoms with E-state index in [4.69, 9.17) is 9.47 Å². The molecule has 1 saturated carbocycles. The number of nitrogens with zero attached hydrogens (tertiary/aromatic N) is 3. The largest absolute Gasteiger partial charge is 0.494 e. The van der Waals surface area contributed by atoms with E-state index in [0.29, 0.717) is 48.1 Å². The highest BCUT2D eigenvalue weighted by Crippen LogP contribution is 2.36. The molecule has 2 N–H and O–H groups in total. The Bertz CT molecular complexity index is 1510. The molecule has 39 heavy (non-hydrogen) atoms. The van der Waals surface area contributed by atoms with Crippen LogP contribution in [0.5, 0.6) is 5.75 Å². The van der Waals surface area contributed by atoms with Crippen molar-refractivity contribution in [3.05, 3.63) is 52.3 Å². The topological polar surface area (TPSA) is 106 Å². The molecule has 3 aromatic rings. The lowest BCUT2D eigenvalue weighted by atomic mass is 9.93. The fourth-order valence-electron chi connectivity index (χ4n) is 3.90. The van der Waals surface area contributed by atoms with E-state index >= 15 is 0 Å². The highest BCUT2D eigenvalue weighted by molar-refractivity contribution is 7.15. The van der Waals surface area contributed by atoms with Crippen LogP contribution in [-0.2, 0) is 4.74 Å². The van der Waals surface area contributed by atoms with Crippen LogP contribution in [0.3, 0.4) is 0 Å². The summed E-state index contributed by atoms with van der Waals surface area (Å²) in [4.78, 5) is 17.1. The summed E-state index contributed by atoms with van der Waals surface area (Å²) in [5.41, 5.74) is -0.451. The zero-order valence-corrected chi connectivity index (χ0v) is 21.8. The molecule has 11 heteroatoms. The number of anilines is 1. The van der Waals surface area contributed by atoms with E-state index in [1.54, 1.807) is 18.2 Å². The fraction of sp³-hybridized carbons (Fsp3) is 0.357. The van der Waals surface area contributed by atoms with Crippen molar-refractivity contribution in [2.75, 3.05) is 25.6 Å². The number of carbonyl (C=O) groups is 1. The van der Waals surface area contributed by atoms with Gasteiger partial charge >= 0.3 is 0 Å². The molecule has 2 fully saturated rings. The van der Waals surface area contributed by atoms with Crippen molar-refractivity contribution in [3.8, 4) is 40.6 Å². The number of methoxy groups -OCH3 is 1.